The summed E-state index contributed by atoms with van der Waals surface area (Å²) in [5, 5.41) is 2.50. The van der Waals surface area contributed by atoms with Gasteiger partial charge in [0.05, 0.1) is 16.5 Å². The van der Waals surface area contributed by atoms with Crippen molar-refractivity contribution in [3.8, 4) is 5.75 Å². The van der Waals surface area contributed by atoms with Crippen molar-refractivity contribution in [1.82, 2.24) is 9.21 Å². The van der Waals surface area contributed by atoms with Crippen molar-refractivity contribution in [3.05, 3.63) is 81.0 Å². The number of para-hydroxylation sites is 1. The van der Waals surface area contributed by atoms with E-state index in [1.807, 2.05) is 23.6 Å². The van der Waals surface area contributed by atoms with Crippen molar-refractivity contribution in [2.24, 2.45) is 0 Å². The van der Waals surface area contributed by atoms with Crippen molar-refractivity contribution >= 4 is 38.9 Å². The number of sulfonamides is 1. The van der Waals surface area contributed by atoms with E-state index in [4.69, 9.17) is 16.3 Å². The second kappa shape index (κ2) is 9.62. The molecular formula is C23H23ClN2O4S2. The number of halogens is 1. The van der Waals surface area contributed by atoms with Gasteiger partial charge in [-0.1, -0.05) is 29.8 Å². The van der Waals surface area contributed by atoms with Gasteiger partial charge in [0.15, 0.2) is 0 Å². The first-order valence-electron chi connectivity index (χ1n) is 10.1. The number of hydrogen-bond donors (Lipinski definition) is 0. The van der Waals surface area contributed by atoms with Gasteiger partial charge in [-0.2, -0.15) is 4.31 Å². The van der Waals surface area contributed by atoms with Gasteiger partial charge in [-0.15, -0.1) is 11.3 Å². The molecule has 4 rings (SSSR count). The third-order valence-corrected chi connectivity index (χ3v) is 8.54. The number of carbonyl (C=O) groups is 1. The van der Waals surface area contributed by atoms with Crippen LogP contribution < -0.4 is 4.74 Å². The van der Waals surface area contributed by atoms with Crippen LogP contribution in [0, 0.1) is 0 Å². The van der Waals surface area contributed by atoms with Crippen LogP contribution in [0.15, 0.2) is 64.9 Å². The number of likely N-dealkylation sites (N-methyl/N-ethyl adjacent to an activating group) is 1. The molecule has 0 fully saturated rings. The molecule has 0 bridgehead atoms. The molecule has 2 aromatic carbocycles. The molecule has 168 valence electrons. The van der Waals surface area contributed by atoms with Crippen molar-refractivity contribution in [1.29, 1.82) is 0 Å². The van der Waals surface area contributed by atoms with Crippen LogP contribution >= 0.6 is 22.9 Å². The van der Waals surface area contributed by atoms with E-state index in [0.717, 1.165) is 5.56 Å². The molecular weight excluding hydrogens is 468 g/mol. The summed E-state index contributed by atoms with van der Waals surface area (Å²) in [4.78, 5) is 15.7. The Kier molecular flexibility index (Phi) is 6.85. The number of carbonyl (C=O) groups excluding carboxylic acids is 1. The zero-order valence-electron chi connectivity index (χ0n) is 17.5. The lowest BCUT2D eigenvalue weighted by Gasteiger charge is -2.26. The number of amides is 1. The van der Waals surface area contributed by atoms with Gasteiger partial charge in [-0.05, 0) is 53.8 Å². The minimum absolute atomic E-state index is 0.128. The Balaban J connectivity index is 1.42. The fourth-order valence-electron chi connectivity index (χ4n) is 3.54. The van der Waals surface area contributed by atoms with Crippen LogP contribution in [0.1, 0.15) is 20.8 Å². The van der Waals surface area contributed by atoms with Gasteiger partial charge >= 0.3 is 0 Å². The van der Waals surface area contributed by atoms with Gasteiger partial charge < -0.3 is 9.64 Å². The molecule has 0 saturated carbocycles. The molecule has 3 aromatic rings. The monoisotopic (exact) mass is 490 g/mol. The smallest absolute Gasteiger partial charge is 0.253 e. The van der Waals surface area contributed by atoms with Gasteiger partial charge in [0.2, 0.25) is 10.0 Å². The molecule has 1 aliphatic heterocycles. The Morgan fingerprint density at radius 2 is 2.00 bits per heavy atom. The van der Waals surface area contributed by atoms with E-state index < -0.39 is 10.0 Å². The number of fused-ring (bicyclic) bond motifs is 1. The summed E-state index contributed by atoms with van der Waals surface area (Å²) in [6, 6.07) is 15.3. The molecule has 6 nitrogen and oxygen atoms in total. The summed E-state index contributed by atoms with van der Waals surface area (Å²) in [6.45, 7) is 1.39. The Hall–Kier alpha value is -2.39. The summed E-state index contributed by atoms with van der Waals surface area (Å²) in [6.07, 6.45) is 0.707. The van der Waals surface area contributed by atoms with E-state index in [2.05, 4.69) is 0 Å². The first kappa shape index (κ1) is 22.8. The Morgan fingerprint density at radius 3 is 2.81 bits per heavy atom. The van der Waals surface area contributed by atoms with Crippen LogP contribution in [0.5, 0.6) is 5.75 Å². The fourth-order valence-corrected chi connectivity index (χ4v) is 6.09. The molecule has 2 heterocycles. The van der Waals surface area contributed by atoms with Crippen molar-refractivity contribution in [2.45, 2.75) is 17.9 Å². The maximum atomic E-state index is 13.2. The van der Waals surface area contributed by atoms with Crippen LogP contribution in [-0.4, -0.2) is 50.3 Å². The first-order chi connectivity index (χ1) is 15.4. The fraction of sp³-hybridized carbons (Fsp3) is 0.261. The molecule has 0 radical (unpaired) electrons. The number of benzene rings is 2. The normalized spacial score (nSPS) is 14.1. The van der Waals surface area contributed by atoms with Crippen molar-refractivity contribution < 1.29 is 17.9 Å². The molecule has 0 atom stereocenters. The molecule has 1 amide bonds. The Bertz CT molecular complexity index is 1230. The van der Waals surface area contributed by atoms with Crippen molar-refractivity contribution in [2.75, 3.05) is 26.7 Å². The molecule has 0 unspecified atom stereocenters. The molecule has 0 saturated heterocycles. The lowest BCUT2D eigenvalue weighted by molar-refractivity contribution is 0.0773. The van der Waals surface area contributed by atoms with Gasteiger partial charge in [0, 0.05) is 30.6 Å². The summed E-state index contributed by atoms with van der Waals surface area (Å²) < 4.78 is 33.5. The highest BCUT2D eigenvalue weighted by atomic mass is 35.5. The maximum absolute atomic E-state index is 13.2. The summed E-state index contributed by atoms with van der Waals surface area (Å²) in [5.41, 5.74) is 1.37. The molecule has 1 aliphatic rings. The van der Waals surface area contributed by atoms with Crippen molar-refractivity contribution in [3.63, 3.8) is 0 Å². The lowest BCUT2D eigenvalue weighted by Crippen LogP contribution is -2.35. The standard InChI is InChI=1S/C23H23ClN2O4S2/c1-25(12-13-30-21-8-3-2-7-20(21)24)23(27)17-5-4-6-19(15-17)32(28,29)26-11-9-22-18(16-26)10-14-31-22/h2-8,10,14-15H,9,11-13,16H2,1H3. The molecule has 1 aromatic heterocycles. The van der Waals surface area contributed by atoms with Crippen LogP contribution in [0.3, 0.4) is 0 Å². The Morgan fingerprint density at radius 1 is 1.19 bits per heavy atom. The number of nitrogens with zero attached hydrogens (tertiary/aromatic N) is 2. The van der Waals surface area contributed by atoms with E-state index in [1.54, 1.807) is 42.6 Å². The number of rotatable bonds is 7. The number of thiophene rings is 1. The highest BCUT2D eigenvalue weighted by Gasteiger charge is 2.29. The largest absolute Gasteiger partial charge is 0.490 e. The lowest BCUT2D eigenvalue weighted by atomic mass is 10.1. The van der Waals surface area contributed by atoms with Gasteiger partial charge in [-0.3, -0.25) is 4.79 Å². The average Bonchev–Trinajstić information content (AvgIpc) is 3.28. The van der Waals surface area contributed by atoms with E-state index >= 15 is 0 Å². The van der Waals surface area contributed by atoms with Crippen LogP contribution in [-0.2, 0) is 23.0 Å². The predicted molar refractivity (Wildman–Crippen MR) is 126 cm³/mol. The summed E-state index contributed by atoms with van der Waals surface area (Å²) in [5.74, 6) is 0.280. The molecule has 0 N–H and O–H groups in total. The zero-order valence-corrected chi connectivity index (χ0v) is 19.9. The van der Waals surface area contributed by atoms with E-state index in [-0.39, 0.29) is 17.4 Å². The summed E-state index contributed by atoms with van der Waals surface area (Å²) >= 11 is 7.74. The number of hydrogen-bond acceptors (Lipinski definition) is 5. The van der Waals surface area contributed by atoms with Gasteiger partial charge in [-0.25, -0.2) is 8.42 Å². The quantitative estimate of drug-likeness (QED) is 0.495. The van der Waals surface area contributed by atoms with Crippen LogP contribution in [0.4, 0.5) is 0 Å². The molecule has 32 heavy (non-hydrogen) atoms. The number of ether oxygens (including phenoxy) is 1. The highest BCUT2D eigenvalue weighted by Crippen LogP contribution is 2.28. The molecule has 0 spiro atoms. The third-order valence-electron chi connectivity index (χ3n) is 5.36. The summed E-state index contributed by atoms with van der Waals surface area (Å²) in [7, 11) is -2.04. The van der Waals surface area contributed by atoms with Gasteiger partial charge in [0.25, 0.3) is 5.91 Å². The van der Waals surface area contributed by atoms with E-state index in [9.17, 15) is 13.2 Å². The molecule has 9 heteroatoms. The predicted octanol–water partition coefficient (Wildman–Crippen LogP) is 4.30. The zero-order chi connectivity index (χ0) is 22.7. The minimum Gasteiger partial charge on any atom is -0.490 e. The maximum Gasteiger partial charge on any atom is 0.253 e. The second-order valence-electron chi connectivity index (χ2n) is 7.49. The minimum atomic E-state index is -3.69. The topological polar surface area (TPSA) is 66.9 Å². The van der Waals surface area contributed by atoms with Crippen LogP contribution in [0.25, 0.3) is 0 Å². The Labute approximate surface area is 197 Å². The van der Waals surface area contributed by atoms with E-state index in [0.29, 0.717) is 42.4 Å². The second-order valence-corrected chi connectivity index (χ2v) is 10.8. The SMILES string of the molecule is CN(CCOc1ccccc1Cl)C(=O)c1cccc(S(=O)(=O)N2CCc3sccc3C2)c1. The van der Waals surface area contributed by atoms with E-state index in [1.165, 1.54) is 26.2 Å². The van der Waals surface area contributed by atoms with Gasteiger partial charge in [0.1, 0.15) is 12.4 Å². The third kappa shape index (κ3) is 4.83. The highest BCUT2D eigenvalue weighted by molar-refractivity contribution is 7.89. The van der Waals surface area contributed by atoms with Crippen LogP contribution in [0.2, 0.25) is 5.02 Å². The molecule has 0 aliphatic carbocycles. The first-order valence-corrected chi connectivity index (χ1v) is 12.8. The average molecular weight is 491 g/mol.